The van der Waals surface area contributed by atoms with E-state index in [4.69, 9.17) is 5.11 Å². The monoisotopic (exact) mass is 255 g/mol. The molecule has 0 aliphatic carbocycles. The van der Waals surface area contributed by atoms with Crippen LogP contribution in [0.3, 0.4) is 0 Å². The highest BCUT2D eigenvalue weighted by Crippen LogP contribution is 2.25. The number of likely N-dealkylation sites (tertiary alicyclic amines) is 1. The van der Waals surface area contributed by atoms with E-state index in [0.717, 1.165) is 31.8 Å². The maximum absolute atomic E-state index is 10.8. The second-order valence-corrected chi connectivity index (χ2v) is 5.91. The Morgan fingerprint density at radius 1 is 1.39 bits per heavy atom. The number of hydrogen-bond donors (Lipinski definition) is 1. The fraction of sp³-hybridized carbons (Fsp3) is 0.933. The maximum Gasteiger partial charge on any atom is 0.303 e. The lowest BCUT2D eigenvalue weighted by Gasteiger charge is -2.38. The minimum absolute atomic E-state index is 0.344. The predicted molar refractivity (Wildman–Crippen MR) is 74.7 cm³/mol. The summed E-state index contributed by atoms with van der Waals surface area (Å²) >= 11 is 0. The molecule has 0 aromatic heterocycles. The first kappa shape index (κ1) is 15.5. The number of nitrogens with zero attached hydrogens (tertiary/aromatic N) is 1. The first-order valence-corrected chi connectivity index (χ1v) is 7.52. The van der Waals surface area contributed by atoms with Gasteiger partial charge in [-0.25, -0.2) is 0 Å². The van der Waals surface area contributed by atoms with Crippen LogP contribution in [0.2, 0.25) is 0 Å². The van der Waals surface area contributed by atoms with Crippen LogP contribution >= 0.6 is 0 Å². The molecule has 0 spiro atoms. The first-order valence-electron chi connectivity index (χ1n) is 7.52. The van der Waals surface area contributed by atoms with Crippen LogP contribution in [0.4, 0.5) is 0 Å². The van der Waals surface area contributed by atoms with Crippen LogP contribution < -0.4 is 0 Å². The molecule has 1 fully saturated rings. The van der Waals surface area contributed by atoms with E-state index in [1.54, 1.807) is 0 Å². The Kier molecular flexibility index (Phi) is 6.69. The number of piperidine rings is 1. The van der Waals surface area contributed by atoms with Gasteiger partial charge in [-0.3, -0.25) is 4.79 Å². The minimum Gasteiger partial charge on any atom is -0.481 e. The molecule has 1 aliphatic heterocycles. The lowest BCUT2D eigenvalue weighted by Crippen LogP contribution is -2.43. The van der Waals surface area contributed by atoms with Crippen molar-refractivity contribution in [2.75, 3.05) is 13.1 Å². The van der Waals surface area contributed by atoms with Crippen LogP contribution in [-0.2, 0) is 4.79 Å². The molecule has 0 bridgehead atoms. The van der Waals surface area contributed by atoms with Gasteiger partial charge in [-0.15, -0.1) is 0 Å². The largest absolute Gasteiger partial charge is 0.481 e. The van der Waals surface area contributed by atoms with Crippen molar-refractivity contribution in [2.45, 2.75) is 65.3 Å². The van der Waals surface area contributed by atoms with Crippen molar-refractivity contribution >= 4 is 5.97 Å². The van der Waals surface area contributed by atoms with Crippen LogP contribution in [0, 0.1) is 11.8 Å². The number of carbonyl (C=O) groups is 1. The summed E-state index contributed by atoms with van der Waals surface area (Å²) in [5.74, 6) is 0.494. The molecule has 0 saturated carbocycles. The SMILES string of the molecule is CCC(C)CC(CC)N1CCCC(CC(=O)O)C1. The second kappa shape index (κ2) is 7.78. The van der Waals surface area contributed by atoms with Gasteiger partial charge >= 0.3 is 5.97 Å². The topological polar surface area (TPSA) is 40.5 Å². The molecule has 18 heavy (non-hydrogen) atoms. The summed E-state index contributed by atoms with van der Waals surface area (Å²) in [6.07, 6.45) is 6.27. The van der Waals surface area contributed by atoms with Crippen LogP contribution in [0.25, 0.3) is 0 Å². The van der Waals surface area contributed by atoms with E-state index in [2.05, 4.69) is 25.7 Å². The number of hydrogen-bond acceptors (Lipinski definition) is 2. The normalized spacial score (nSPS) is 24.7. The standard InChI is InChI=1S/C15H29NO2/c1-4-12(3)9-14(5-2)16-8-6-7-13(11-16)10-15(17)18/h12-14H,4-11H2,1-3H3,(H,17,18). The van der Waals surface area contributed by atoms with E-state index < -0.39 is 5.97 Å². The molecule has 0 aromatic carbocycles. The van der Waals surface area contributed by atoms with Gasteiger partial charge in [0.1, 0.15) is 0 Å². The predicted octanol–water partition coefficient (Wildman–Crippen LogP) is 3.39. The molecule has 1 N–H and O–H groups in total. The van der Waals surface area contributed by atoms with E-state index in [0.29, 0.717) is 18.4 Å². The van der Waals surface area contributed by atoms with Crippen molar-refractivity contribution in [3.8, 4) is 0 Å². The van der Waals surface area contributed by atoms with Gasteiger partial charge in [0, 0.05) is 19.0 Å². The zero-order valence-corrected chi connectivity index (χ0v) is 12.2. The quantitative estimate of drug-likeness (QED) is 0.758. The zero-order valence-electron chi connectivity index (χ0n) is 12.2. The van der Waals surface area contributed by atoms with Crippen molar-refractivity contribution in [1.82, 2.24) is 4.90 Å². The van der Waals surface area contributed by atoms with E-state index in [1.165, 1.54) is 19.3 Å². The van der Waals surface area contributed by atoms with Gasteiger partial charge in [0.2, 0.25) is 0 Å². The van der Waals surface area contributed by atoms with Crippen LogP contribution in [0.5, 0.6) is 0 Å². The Hall–Kier alpha value is -0.570. The lowest BCUT2D eigenvalue weighted by atomic mass is 9.90. The van der Waals surface area contributed by atoms with Gasteiger partial charge in [-0.2, -0.15) is 0 Å². The Morgan fingerprint density at radius 2 is 2.11 bits per heavy atom. The average Bonchev–Trinajstić information content (AvgIpc) is 2.35. The molecule has 1 heterocycles. The third kappa shape index (κ3) is 4.97. The van der Waals surface area contributed by atoms with Crippen molar-refractivity contribution in [2.24, 2.45) is 11.8 Å². The summed E-state index contributed by atoms with van der Waals surface area (Å²) in [6, 6.07) is 0.650. The highest BCUT2D eigenvalue weighted by molar-refractivity contribution is 5.67. The Balaban J connectivity index is 2.49. The summed E-state index contributed by atoms with van der Waals surface area (Å²) in [6.45, 7) is 8.97. The highest BCUT2D eigenvalue weighted by Gasteiger charge is 2.26. The molecule has 3 nitrogen and oxygen atoms in total. The fourth-order valence-corrected chi connectivity index (χ4v) is 3.05. The van der Waals surface area contributed by atoms with Gasteiger partial charge < -0.3 is 10.0 Å². The minimum atomic E-state index is -0.642. The summed E-state index contributed by atoms with van der Waals surface area (Å²) in [5, 5.41) is 8.91. The smallest absolute Gasteiger partial charge is 0.303 e. The van der Waals surface area contributed by atoms with E-state index >= 15 is 0 Å². The van der Waals surface area contributed by atoms with Crippen LogP contribution in [0.15, 0.2) is 0 Å². The molecule has 3 heteroatoms. The average molecular weight is 255 g/mol. The van der Waals surface area contributed by atoms with Crippen molar-refractivity contribution in [1.29, 1.82) is 0 Å². The van der Waals surface area contributed by atoms with Gasteiger partial charge in [0.05, 0.1) is 0 Å². The highest BCUT2D eigenvalue weighted by atomic mass is 16.4. The zero-order chi connectivity index (χ0) is 13.5. The Morgan fingerprint density at radius 3 is 2.67 bits per heavy atom. The van der Waals surface area contributed by atoms with Crippen LogP contribution in [-0.4, -0.2) is 35.1 Å². The molecular weight excluding hydrogens is 226 g/mol. The number of carboxylic acids is 1. The van der Waals surface area contributed by atoms with E-state index in [9.17, 15) is 4.79 Å². The molecule has 0 radical (unpaired) electrons. The third-order valence-corrected chi connectivity index (χ3v) is 4.37. The summed E-state index contributed by atoms with van der Waals surface area (Å²) in [7, 11) is 0. The molecular formula is C15H29NO2. The molecule has 3 atom stereocenters. The summed E-state index contributed by atoms with van der Waals surface area (Å²) in [4.78, 5) is 13.4. The van der Waals surface area contributed by atoms with Crippen molar-refractivity contribution < 1.29 is 9.90 Å². The molecule has 1 aliphatic rings. The molecule has 106 valence electrons. The molecule has 0 amide bonds. The van der Waals surface area contributed by atoms with Gasteiger partial charge in [-0.1, -0.05) is 27.2 Å². The summed E-state index contributed by atoms with van der Waals surface area (Å²) < 4.78 is 0. The number of carboxylic acid groups (broad SMARTS) is 1. The van der Waals surface area contributed by atoms with Crippen molar-refractivity contribution in [3.05, 3.63) is 0 Å². The van der Waals surface area contributed by atoms with Crippen molar-refractivity contribution in [3.63, 3.8) is 0 Å². The molecule has 3 unspecified atom stereocenters. The molecule has 0 aromatic rings. The van der Waals surface area contributed by atoms with E-state index in [1.807, 2.05) is 0 Å². The lowest BCUT2D eigenvalue weighted by molar-refractivity contribution is -0.138. The van der Waals surface area contributed by atoms with Gasteiger partial charge in [0.15, 0.2) is 0 Å². The summed E-state index contributed by atoms with van der Waals surface area (Å²) in [5.41, 5.74) is 0. The molecule has 1 saturated heterocycles. The van der Waals surface area contributed by atoms with Gasteiger partial charge in [-0.05, 0) is 44.1 Å². The third-order valence-electron chi connectivity index (χ3n) is 4.37. The van der Waals surface area contributed by atoms with Gasteiger partial charge in [0.25, 0.3) is 0 Å². The molecule has 1 rings (SSSR count). The number of rotatable bonds is 7. The first-order chi connectivity index (χ1) is 8.56. The Labute approximate surface area is 112 Å². The maximum atomic E-state index is 10.8. The second-order valence-electron chi connectivity index (χ2n) is 5.91. The van der Waals surface area contributed by atoms with E-state index in [-0.39, 0.29) is 0 Å². The Bertz CT molecular complexity index is 255. The fourth-order valence-electron chi connectivity index (χ4n) is 3.05. The van der Waals surface area contributed by atoms with Crippen LogP contribution in [0.1, 0.15) is 59.3 Å². The number of aliphatic carboxylic acids is 1.